The van der Waals surface area contributed by atoms with Crippen molar-refractivity contribution in [2.75, 3.05) is 39.9 Å². The molecule has 0 aromatic heterocycles. The van der Waals surface area contributed by atoms with Crippen LogP contribution in [-0.2, 0) is 4.74 Å². The van der Waals surface area contributed by atoms with Gasteiger partial charge in [0.1, 0.15) is 0 Å². The van der Waals surface area contributed by atoms with Crippen molar-refractivity contribution in [3.63, 3.8) is 0 Å². The van der Waals surface area contributed by atoms with Gasteiger partial charge in [0.2, 0.25) is 0 Å². The SMILES string of the molecule is CCC(C)N(CCOC)CC1(CC)CCNCC1. The van der Waals surface area contributed by atoms with Gasteiger partial charge in [-0.15, -0.1) is 0 Å². The molecule has 0 saturated carbocycles. The summed E-state index contributed by atoms with van der Waals surface area (Å²) < 4.78 is 5.27. The quantitative estimate of drug-likeness (QED) is 0.722. The molecule has 1 saturated heterocycles. The van der Waals surface area contributed by atoms with E-state index < -0.39 is 0 Å². The molecule has 1 fully saturated rings. The van der Waals surface area contributed by atoms with Gasteiger partial charge in [0.25, 0.3) is 0 Å². The van der Waals surface area contributed by atoms with Gasteiger partial charge in [-0.05, 0) is 51.1 Å². The van der Waals surface area contributed by atoms with Gasteiger partial charge in [-0.25, -0.2) is 0 Å². The largest absolute Gasteiger partial charge is 0.383 e. The van der Waals surface area contributed by atoms with E-state index in [9.17, 15) is 0 Å². The van der Waals surface area contributed by atoms with Crippen molar-refractivity contribution in [2.24, 2.45) is 5.41 Å². The molecule has 0 aliphatic carbocycles. The normalized spacial score (nSPS) is 21.2. The van der Waals surface area contributed by atoms with E-state index in [1.807, 2.05) is 0 Å². The second-order valence-electron chi connectivity index (χ2n) is 5.82. The molecular formula is C15H32N2O. The Morgan fingerprint density at radius 2 is 1.94 bits per heavy atom. The minimum atomic E-state index is 0.530. The van der Waals surface area contributed by atoms with E-state index >= 15 is 0 Å². The summed E-state index contributed by atoms with van der Waals surface area (Å²) in [5.74, 6) is 0. The molecule has 0 radical (unpaired) electrons. The third-order valence-corrected chi connectivity index (χ3v) is 4.75. The van der Waals surface area contributed by atoms with Gasteiger partial charge in [0, 0.05) is 26.2 Å². The Morgan fingerprint density at radius 3 is 2.44 bits per heavy atom. The summed E-state index contributed by atoms with van der Waals surface area (Å²) in [4.78, 5) is 2.64. The summed E-state index contributed by atoms with van der Waals surface area (Å²) in [6.45, 7) is 12.5. The first-order chi connectivity index (χ1) is 8.67. The van der Waals surface area contributed by atoms with Crippen LogP contribution in [0.15, 0.2) is 0 Å². The van der Waals surface area contributed by atoms with E-state index in [-0.39, 0.29) is 0 Å². The van der Waals surface area contributed by atoms with Crippen LogP contribution in [0.2, 0.25) is 0 Å². The molecule has 1 rings (SSSR count). The molecule has 3 nitrogen and oxygen atoms in total. The van der Waals surface area contributed by atoms with E-state index in [1.54, 1.807) is 7.11 Å². The highest BCUT2D eigenvalue weighted by Crippen LogP contribution is 2.34. The number of hydrogen-bond donors (Lipinski definition) is 1. The molecule has 1 heterocycles. The number of piperidine rings is 1. The van der Waals surface area contributed by atoms with Crippen molar-refractivity contribution in [1.29, 1.82) is 0 Å². The highest BCUT2D eigenvalue weighted by Gasteiger charge is 2.32. The van der Waals surface area contributed by atoms with Gasteiger partial charge < -0.3 is 10.1 Å². The van der Waals surface area contributed by atoms with Crippen LogP contribution < -0.4 is 5.32 Å². The first-order valence-corrected chi connectivity index (χ1v) is 7.61. The van der Waals surface area contributed by atoms with Crippen LogP contribution in [0.1, 0.15) is 46.5 Å². The van der Waals surface area contributed by atoms with E-state index in [0.29, 0.717) is 11.5 Å². The second kappa shape index (κ2) is 8.13. The lowest BCUT2D eigenvalue weighted by Gasteiger charge is -2.42. The highest BCUT2D eigenvalue weighted by molar-refractivity contribution is 4.87. The monoisotopic (exact) mass is 256 g/mol. The minimum absolute atomic E-state index is 0.530. The summed E-state index contributed by atoms with van der Waals surface area (Å²) in [5.41, 5.74) is 0.530. The maximum Gasteiger partial charge on any atom is 0.0589 e. The molecule has 108 valence electrons. The van der Waals surface area contributed by atoms with Gasteiger partial charge in [-0.1, -0.05) is 13.8 Å². The molecule has 1 N–H and O–H groups in total. The van der Waals surface area contributed by atoms with Crippen molar-refractivity contribution in [3.05, 3.63) is 0 Å². The van der Waals surface area contributed by atoms with Crippen LogP contribution in [0.25, 0.3) is 0 Å². The average Bonchev–Trinajstić information content (AvgIpc) is 2.43. The predicted molar refractivity (Wildman–Crippen MR) is 78.0 cm³/mol. The zero-order valence-corrected chi connectivity index (χ0v) is 12.8. The fourth-order valence-electron chi connectivity index (χ4n) is 2.93. The predicted octanol–water partition coefficient (Wildman–Crippen LogP) is 2.51. The fourth-order valence-corrected chi connectivity index (χ4v) is 2.93. The van der Waals surface area contributed by atoms with Crippen LogP contribution in [-0.4, -0.2) is 50.8 Å². The van der Waals surface area contributed by atoms with Crippen LogP contribution in [0, 0.1) is 5.41 Å². The molecule has 0 bridgehead atoms. The Balaban J connectivity index is 2.60. The van der Waals surface area contributed by atoms with Crippen LogP contribution in [0.5, 0.6) is 0 Å². The van der Waals surface area contributed by atoms with Crippen molar-refractivity contribution >= 4 is 0 Å². The van der Waals surface area contributed by atoms with Gasteiger partial charge >= 0.3 is 0 Å². The lowest BCUT2D eigenvalue weighted by Crippen LogP contribution is -2.47. The molecule has 0 aromatic rings. The average molecular weight is 256 g/mol. The number of rotatable bonds is 8. The molecule has 18 heavy (non-hydrogen) atoms. The Bertz CT molecular complexity index is 215. The van der Waals surface area contributed by atoms with Crippen LogP contribution >= 0.6 is 0 Å². The molecule has 1 unspecified atom stereocenters. The summed E-state index contributed by atoms with van der Waals surface area (Å²) >= 11 is 0. The second-order valence-corrected chi connectivity index (χ2v) is 5.82. The third-order valence-electron chi connectivity index (χ3n) is 4.75. The van der Waals surface area contributed by atoms with Gasteiger partial charge in [0.05, 0.1) is 6.61 Å². The molecule has 3 heteroatoms. The van der Waals surface area contributed by atoms with Crippen LogP contribution in [0.4, 0.5) is 0 Å². The Hall–Kier alpha value is -0.120. The van der Waals surface area contributed by atoms with E-state index in [2.05, 4.69) is 31.0 Å². The molecule has 0 amide bonds. The fraction of sp³-hybridized carbons (Fsp3) is 1.00. The van der Waals surface area contributed by atoms with Gasteiger partial charge in [-0.2, -0.15) is 0 Å². The minimum Gasteiger partial charge on any atom is -0.383 e. The molecule has 0 spiro atoms. The standard InChI is InChI=1S/C15H32N2O/c1-5-14(3)17(11-12-18-4)13-15(6-2)7-9-16-10-8-15/h14,16H,5-13H2,1-4H3. The van der Waals surface area contributed by atoms with Crippen LogP contribution in [0.3, 0.4) is 0 Å². The van der Waals surface area contributed by atoms with Crippen molar-refractivity contribution < 1.29 is 4.74 Å². The Morgan fingerprint density at radius 1 is 1.28 bits per heavy atom. The molecular weight excluding hydrogens is 224 g/mol. The summed E-state index contributed by atoms with van der Waals surface area (Å²) in [6, 6.07) is 0.665. The number of nitrogens with zero attached hydrogens (tertiary/aromatic N) is 1. The molecule has 1 aliphatic heterocycles. The maximum atomic E-state index is 5.27. The van der Waals surface area contributed by atoms with Crippen molar-refractivity contribution in [1.82, 2.24) is 10.2 Å². The Labute approximate surface area is 113 Å². The number of hydrogen-bond acceptors (Lipinski definition) is 3. The van der Waals surface area contributed by atoms with E-state index in [1.165, 1.54) is 45.3 Å². The van der Waals surface area contributed by atoms with E-state index in [0.717, 1.165) is 13.2 Å². The zero-order valence-electron chi connectivity index (χ0n) is 12.8. The highest BCUT2D eigenvalue weighted by atomic mass is 16.5. The van der Waals surface area contributed by atoms with Gasteiger partial charge in [0.15, 0.2) is 0 Å². The molecule has 1 aliphatic rings. The first kappa shape index (κ1) is 15.9. The third kappa shape index (κ3) is 4.52. The first-order valence-electron chi connectivity index (χ1n) is 7.61. The van der Waals surface area contributed by atoms with Crippen molar-refractivity contribution in [3.8, 4) is 0 Å². The smallest absolute Gasteiger partial charge is 0.0589 e. The van der Waals surface area contributed by atoms with Gasteiger partial charge in [-0.3, -0.25) is 4.90 Å². The lowest BCUT2D eigenvalue weighted by molar-refractivity contribution is 0.0577. The van der Waals surface area contributed by atoms with E-state index in [4.69, 9.17) is 4.74 Å². The number of nitrogens with one attached hydrogen (secondary N) is 1. The topological polar surface area (TPSA) is 24.5 Å². The molecule has 1 atom stereocenters. The Kier molecular flexibility index (Phi) is 7.20. The maximum absolute atomic E-state index is 5.27. The lowest BCUT2D eigenvalue weighted by atomic mass is 9.76. The zero-order chi connectivity index (χ0) is 13.4. The summed E-state index contributed by atoms with van der Waals surface area (Å²) in [7, 11) is 1.80. The summed E-state index contributed by atoms with van der Waals surface area (Å²) in [6.07, 6.45) is 5.17. The van der Waals surface area contributed by atoms with Crippen molar-refractivity contribution in [2.45, 2.75) is 52.5 Å². The summed E-state index contributed by atoms with van der Waals surface area (Å²) in [5, 5.41) is 3.49. The number of ether oxygens (including phenoxy) is 1. The molecule has 0 aromatic carbocycles. The number of methoxy groups -OCH3 is 1.